The molecule has 1 N–H and O–H groups in total. The fraction of sp³-hybridized carbons (Fsp3) is 0.154. The molecule has 0 saturated heterocycles. The molecule has 170 valence electrons. The Balaban J connectivity index is 1.67. The number of aromatic nitrogens is 2. The van der Waals surface area contributed by atoms with Crippen LogP contribution in [0.4, 0.5) is 5.69 Å². The number of carbonyl (C=O) groups excluding carboxylic acids is 1. The number of benzene rings is 3. The van der Waals surface area contributed by atoms with Crippen molar-refractivity contribution in [3.63, 3.8) is 0 Å². The molecule has 0 unspecified atom stereocenters. The van der Waals surface area contributed by atoms with Gasteiger partial charge in [-0.15, -0.1) is 10.2 Å². The molecule has 0 radical (unpaired) electrons. The van der Waals surface area contributed by atoms with E-state index < -0.39 is 18.1 Å². The molecule has 2 atom stereocenters. The van der Waals surface area contributed by atoms with Crippen LogP contribution in [0.3, 0.4) is 0 Å². The summed E-state index contributed by atoms with van der Waals surface area (Å²) >= 11 is 6.36. The lowest BCUT2D eigenvalue weighted by atomic mass is 10.1. The summed E-state index contributed by atoms with van der Waals surface area (Å²) in [6, 6.07) is 22.9. The second-order valence-corrected chi connectivity index (χ2v) is 8.00. The number of halogens is 1. The van der Waals surface area contributed by atoms with Crippen LogP contribution in [0, 0.1) is 18.3 Å². The lowest BCUT2D eigenvalue weighted by molar-refractivity contribution is 0.0282. The molecule has 0 fully saturated rings. The molecule has 4 aromatic rings. The van der Waals surface area contributed by atoms with Gasteiger partial charge in [-0.2, -0.15) is 5.26 Å². The zero-order valence-electron chi connectivity index (χ0n) is 18.5. The largest absolute Gasteiger partial charge is 0.456 e. The minimum atomic E-state index is -0.689. The van der Waals surface area contributed by atoms with Crippen molar-refractivity contribution in [3.05, 3.63) is 100 Å². The summed E-state index contributed by atoms with van der Waals surface area (Å²) in [6.07, 6.45) is -0.689. The molecule has 7 nitrogen and oxygen atoms in total. The SMILES string of the molecule is Cc1c(N[C@@H](c2nnc(-c3ccccc3)o2)[C@H](C)OC(=O)c2ccccc2)ccc(C#N)c1Cl. The monoisotopic (exact) mass is 472 g/mol. The summed E-state index contributed by atoms with van der Waals surface area (Å²) in [5.41, 5.74) is 2.90. The average molecular weight is 473 g/mol. The summed E-state index contributed by atoms with van der Waals surface area (Å²) in [5.74, 6) is 0.114. The van der Waals surface area contributed by atoms with Gasteiger partial charge < -0.3 is 14.5 Å². The van der Waals surface area contributed by atoms with Gasteiger partial charge in [0.25, 0.3) is 0 Å². The first kappa shape index (κ1) is 23.0. The van der Waals surface area contributed by atoms with E-state index in [9.17, 15) is 10.1 Å². The third kappa shape index (κ3) is 4.92. The topological polar surface area (TPSA) is 101 Å². The van der Waals surface area contributed by atoms with Gasteiger partial charge in [0.05, 0.1) is 16.1 Å². The minimum absolute atomic E-state index is 0.243. The van der Waals surface area contributed by atoms with E-state index >= 15 is 0 Å². The fourth-order valence-corrected chi connectivity index (χ4v) is 3.62. The van der Waals surface area contributed by atoms with Gasteiger partial charge in [-0.1, -0.05) is 48.0 Å². The zero-order valence-corrected chi connectivity index (χ0v) is 19.3. The van der Waals surface area contributed by atoms with Crippen LogP contribution in [-0.2, 0) is 4.74 Å². The fourth-order valence-electron chi connectivity index (χ4n) is 3.41. The molecule has 0 spiro atoms. The van der Waals surface area contributed by atoms with Gasteiger partial charge in [0.15, 0.2) is 0 Å². The van der Waals surface area contributed by atoms with Crippen LogP contribution >= 0.6 is 11.6 Å². The predicted octanol–water partition coefficient (Wildman–Crippen LogP) is 5.97. The highest BCUT2D eigenvalue weighted by atomic mass is 35.5. The first-order valence-corrected chi connectivity index (χ1v) is 11.0. The Hall–Kier alpha value is -4.15. The molecule has 1 heterocycles. The molecule has 0 bridgehead atoms. The van der Waals surface area contributed by atoms with Crippen LogP contribution in [0.25, 0.3) is 11.5 Å². The van der Waals surface area contributed by atoms with E-state index in [4.69, 9.17) is 20.8 Å². The lowest BCUT2D eigenvalue weighted by Crippen LogP contribution is -2.29. The number of nitrogens with one attached hydrogen (secondary N) is 1. The summed E-state index contributed by atoms with van der Waals surface area (Å²) < 4.78 is 11.7. The van der Waals surface area contributed by atoms with Gasteiger partial charge in [0.1, 0.15) is 18.2 Å². The number of esters is 1. The van der Waals surface area contributed by atoms with E-state index in [2.05, 4.69) is 21.6 Å². The third-order valence-corrected chi connectivity index (χ3v) is 5.80. The van der Waals surface area contributed by atoms with Crippen molar-refractivity contribution >= 4 is 23.3 Å². The van der Waals surface area contributed by atoms with Gasteiger partial charge in [0, 0.05) is 11.3 Å². The Morgan fingerprint density at radius 2 is 1.74 bits per heavy atom. The Kier molecular flexibility index (Phi) is 6.90. The average Bonchev–Trinajstić information content (AvgIpc) is 3.36. The molecular formula is C26H21ClN4O3. The number of hydrogen-bond acceptors (Lipinski definition) is 7. The van der Waals surface area contributed by atoms with Crippen molar-refractivity contribution in [2.75, 3.05) is 5.32 Å². The Morgan fingerprint density at radius 3 is 2.41 bits per heavy atom. The van der Waals surface area contributed by atoms with Gasteiger partial charge in [-0.25, -0.2) is 4.79 Å². The van der Waals surface area contributed by atoms with E-state index in [-0.39, 0.29) is 5.89 Å². The van der Waals surface area contributed by atoms with Crippen LogP contribution in [0.5, 0.6) is 0 Å². The lowest BCUT2D eigenvalue weighted by Gasteiger charge is -2.24. The Bertz CT molecular complexity index is 1330. The highest BCUT2D eigenvalue weighted by Gasteiger charge is 2.29. The van der Waals surface area contributed by atoms with Crippen molar-refractivity contribution in [2.45, 2.75) is 26.0 Å². The summed E-state index contributed by atoms with van der Waals surface area (Å²) in [5, 5.41) is 21.3. The molecule has 0 aliphatic carbocycles. The first-order chi connectivity index (χ1) is 16.5. The van der Waals surface area contributed by atoms with E-state index in [0.717, 1.165) is 5.56 Å². The quantitative estimate of drug-likeness (QED) is 0.330. The molecule has 1 aromatic heterocycles. The number of carbonyl (C=O) groups is 1. The molecule has 34 heavy (non-hydrogen) atoms. The number of rotatable bonds is 7. The minimum Gasteiger partial charge on any atom is -0.456 e. The van der Waals surface area contributed by atoms with E-state index in [1.165, 1.54) is 0 Å². The van der Waals surface area contributed by atoms with Crippen molar-refractivity contribution < 1.29 is 13.9 Å². The number of hydrogen-bond donors (Lipinski definition) is 1. The van der Waals surface area contributed by atoms with Crippen LogP contribution in [0.2, 0.25) is 5.02 Å². The maximum Gasteiger partial charge on any atom is 0.338 e. The number of ether oxygens (including phenoxy) is 1. The van der Waals surface area contributed by atoms with Crippen LogP contribution in [-0.4, -0.2) is 22.3 Å². The van der Waals surface area contributed by atoms with Gasteiger partial charge in [0.2, 0.25) is 11.8 Å². The third-order valence-electron chi connectivity index (χ3n) is 5.32. The molecular weight excluding hydrogens is 452 g/mol. The van der Waals surface area contributed by atoms with Crippen LogP contribution in [0.15, 0.2) is 77.2 Å². The highest BCUT2D eigenvalue weighted by molar-refractivity contribution is 6.32. The Morgan fingerprint density at radius 1 is 1.06 bits per heavy atom. The van der Waals surface area contributed by atoms with Crippen LogP contribution in [0.1, 0.15) is 40.3 Å². The summed E-state index contributed by atoms with van der Waals surface area (Å²) in [6.45, 7) is 3.54. The van der Waals surface area contributed by atoms with E-state index in [0.29, 0.717) is 33.3 Å². The van der Waals surface area contributed by atoms with Crippen LogP contribution < -0.4 is 5.32 Å². The maximum atomic E-state index is 12.7. The molecule has 3 aromatic carbocycles. The van der Waals surface area contributed by atoms with Gasteiger partial charge in [-0.3, -0.25) is 0 Å². The van der Waals surface area contributed by atoms with E-state index in [1.807, 2.05) is 36.4 Å². The smallest absolute Gasteiger partial charge is 0.338 e. The standard InChI is InChI=1S/C26H21ClN4O3/c1-16-21(14-13-20(15-28)22(16)27)29-23(17(2)33-26(32)19-11-7-4-8-12-19)25-31-30-24(34-25)18-9-5-3-6-10-18/h3-14,17,23,29H,1-2H3/t17-,23+/m0/s1. The van der Waals surface area contributed by atoms with Crippen molar-refractivity contribution in [3.8, 4) is 17.5 Å². The van der Waals surface area contributed by atoms with E-state index in [1.54, 1.807) is 50.2 Å². The van der Waals surface area contributed by atoms with Crippen molar-refractivity contribution in [1.82, 2.24) is 10.2 Å². The molecule has 4 rings (SSSR count). The number of nitriles is 1. The molecule has 0 saturated carbocycles. The number of nitrogens with zero attached hydrogens (tertiary/aromatic N) is 3. The Labute approximate surface area is 202 Å². The van der Waals surface area contributed by atoms with Crippen molar-refractivity contribution in [1.29, 1.82) is 5.26 Å². The first-order valence-electron chi connectivity index (χ1n) is 10.6. The molecule has 0 amide bonds. The molecule has 0 aliphatic heterocycles. The zero-order chi connectivity index (χ0) is 24.1. The van der Waals surface area contributed by atoms with Crippen molar-refractivity contribution in [2.24, 2.45) is 0 Å². The van der Waals surface area contributed by atoms with Gasteiger partial charge in [-0.05, 0) is 55.8 Å². The molecule has 8 heteroatoms. The second kappa shape index (κ2) is 10.2. The summed E-state index contributed by atoms with van der Waals surface area (Å²) in [7, 11) is 0. The predicted molar refractivity (Wildman–Crippen MR) is 128 cm³/mol. The molecule has 0 aliphatic rings. The normalized spacial score (nSPS) is 12.4. The summed E-state index contributed by atoms with van der Waals surface area (Å²) in [4.78, 5) is 12.7. The van der Waals surface area contributed by atoms with Gasteiger partial charge >= 0.3 is 5.97 Å². The second-order valence-electron chi connectivity index (χ2n) is 7.62. The highest BCUT2D eigenvalue weighted by Crippen LogP contribution is 2.32. The number of anilines is 1. The maximum absolute atomic E-state index is 12.7.